The topological polar surface area (TPSA) is 87.7 Å². The molecule has 1 aliphatic rings. The van der Waals surface area contributed by atoms with Crippen LogP contribution in [0.25, 0.3) is 0 Å². The number of amides is 3. The first kappa shape index (κ1) is 26.1. The first-order valence-corrected chi connectivity index (χ1v) is 11.9. The minimum Gasteiger partial charge on any atom is -0.495 e. The van der Waals surface area contributed by atoms with Crippen LogP contribution in [0.15, 0.2) is 65.3 Å². The molecule has 0 unspecified atom stereocenters. The summed E-state index contributed by atoms with van der Waals surface area (Å²) in [5.74, 6) is -1.48. The van der Waals surface area contributed by atoms with Crippen LogP contribution in [-0.4, -0.2) is 24.8 Å². The highest BCUT2D eigenvalue weighted by molar-refractivity contribution is 6.54. The minimum absolute atomic E-state index is 0.0412. The van der Waals surface area contributed by atoms with E-state index in [9.17, 15) is 14.4 Å². The van der Waals surface area contributed by atoms with Gasteiger partial charge in [-0.25, -0.2) is 4.90 Å². The Morgan fingerprint density at radius 2 is 1.50 bits per heavy atom. The van der Waals surface area contributed by atoms with Gasteiger partial charge in [0, 0.05) is 16.3 Å². The van der Waals surface area contributed by atoms with Crippen LogP contribution in [0, 0.1) is 0 Å². The number of methoxy groups -OCH3 is 1. The fraction of sp³-hybridized carbons (Fsp3) is 0.0417. The smallest absolute Gasteiger partial charge is 0.283 e. The Hall–Kier alpha value is -2.94. The van der Waals surface area contributed by atoms with E-state index in [2.05, 4.69) is 10.6 Å². The van der Waals surface area contributed by atoms with E-state index in [4.69, 9.17) is 62.7 Å². The molecule has 7 nitrogen and oxygen atoms in total. The normalized spacial score (nSPS) is 13.3. The van der Waals surface area contributed by atoms with Crippen molar-refractivity contribution >= 4 is 92.8 Å². The maximum Gasteiger partial charge on any atom is 0.283 e. The molecule has 3 amide bonds. The summed E-state index contributed by atoms with van der Waals surface area (Å²) in [6.07, 6.45) is 0. The predicted octanol–water partition coefficient (Wildman–Crippen LogP) is 7.00. The summed E-state index contributed by atoms with van der Waals surface area (Å²) in [4.78, 5) is 39.2. The number of ether oxygens (including phenoxy) is 1. The average molecular weight is 586 g/mol. The number of nitrogens with one attached hydrogen (secondary N) is 2. The zero-order valence-corrected chi connectivity index (χ0v) is 21.9. The Morgan fingerprint density at radius 1 is 0.833 bits per heavy atom. The van der Waals surface area contributed by atoms with Crippen LogP contribution < -0.4 is 20.3 Å². The summed E-state index contributed by atoms with van der Waals surface area (Å²) < 4.78 is 5.23. The summed E-state index contributed by atoms with van der Waals surface area (Å²) in [6.45, 7) is 0. The van der Waals surface area contributed by atoms with Crippen molar-refractivity contribution in [3.63, 3.8) is 0 Å². The van der Waals surface area contributed by atoms with Crippen molar-refractivity contribution in [2.45, 2.75) is 0 Å². The molecule has 36 heavy (non-hydrogen) atoms. The van der Waals surface area contributed by atoms with Gasteiger partial charge in [0.2, 0.25) is 0 Å². The van der Waals surface area contributed by atoms with Gasteiger partial charge in [-0.2, -0.15) is 0 Å². The number of rotatable bonds is 6. The minimum atomic E-state index is -0.782. The van der Waals surface area contributed by atoms with Crippen molar-refractivity contribution in [1.29, 1.82) is 0 Å². The van der Waals surface area contributed by atoms with Gasteiger partial charge in [0.1, 0.15) is 16.5 Å². The van der Waals surface area contributed by atoms with E-state index in [1.807, 2.05) is 0 Å². The second-order valence-electron chi connectivity index (χ2n) is 7.35. The first-order valence-electron chi connectivity index (χ1n) is 10.1. The molecule has 0 saturated carbocycles. The van der Waals surface area contributed by atoms with Gasteiger partial charge in [-0.3, -0.25) is 14.4 Å². The molecule has 184 valence electrons. The molecule has 1 aliphatic heterocycles. The standard InChI is InChI=1S/C24H14Cl5N3O4/c1-36-19-7-4-12(25)8-17(19)31-22(33)11-2-5-13(6-3-11)30-21-20(29)23(34)32(24(21)35)18-10-15(27)14(26)9-16(18)28/h2-10,30H,1H3,(H,31,33). The molecule has 0 saturated heterocycles. The second-order valence-corrected chi connectivity index (χ2v) is 9.39. The second kappa shape index (κ2) is 10.6. The van der Waals surface area contributed by atoms with Crippen molar-refractivity contribution in [2.24, 2.45) is 0 Å². The molecule has 0 aromatic heterocycles. The van der Waals surface area contributed by atoms with Crippen molar-refractivity contribution < 1.29 is 19.1 Å². The number of anilines is 3. The van der Waals surface area contributed by atoms with Crippen LogP contribution >= 0.6 is 58.0 Å². The van der Waals surface area contributed by atoms with Crippen LogP contribution in [0.1, 0.15) is 10.4 Å². The van der Waals surface area contributed by atoms with E-state index in [0.29, 0.717) is 27.7 Å². The molecule has 0 spiro atoms. The van der Waals surface area contributed by atoms with Gasteiger partial charge in [0.15, 0.2) is 0 Å². The molecule has 4 rings (SSSR count). The molecule has 0 fully saturated rings. The SMILES string of the molecule is COc1ccc(Cl)cc1NC(=O)c1ccc(NC2=C(Cl)C(=O)N(c3cc(Cl)c(Cl)cc3Cl)C2=O)cc1. The third-order valence-corrected chi connectivity index (χ3v) is 6.69. The molecular weight excluding hydrogens is 572 g/mol. The molecule has 12 heteroatoms. The number of carbonyl (C=O) groups is 3. The highest BCUT2D eigenvalue weighted by Crippen LogP contribution is 2.38. The monoisotopic (exact) mass is 583 g/mol. The number of hydrogen-bond acceptors (Lipinski definition) is 5. The van der Waals surface area contributed by atoms with Gasteiger partial charge in [-0.1, -0.05) is 58.0 Å². The highest BCUT2D eigenvalue weighted by atomic mass is 35.5. The lowest BCUT2D eigenvalue weighted by Crippen LogP contribution is -2.32. The van der Waals surface area contributed by atoms with E-state index in [1.165, 1.54) is 31.4 Å². The number of halogens is 5. The average Bonchev–Trinajstić information content (AvgIpc) is 3.05. The molecular formula is C24H14Cl5N3O4. The molecule has 0 bridgehead atoms. The number of nitrogens with zero attached hydrogens (tertiary/aromatic N) is 1. The maximum absolute atomic E-state index is 13.0. The largest absolute Gasteiger partial charge is 0.495 e. The van der Waals surface area contributed by atoms with E-state index < -0.39 is 17.7 Å². The van der Waals surface area contributed by atoms with Crippen LogP contribution in [0.2, 0.25) is 20.1 Å². The third kappa shape index (κ3) is 5.12. The fourth-order valence-corrected chi connectivity index (χ4v) is 4.35. The highest BCUT2D eigenvalue weighted by Gasteiger charge is 2.40. The Bertz CT molecular complexity index is 1440. The Morgan fingerprint density at radius 3 is 2.17 bits per heavy atom. The van der Waals surface area contributed by atoms with Crippen molar-refractivity contribution in [2.75, 3.05) is 22.6 Å². The predicted molar refractivity (Wildman–Crippen MR) is 143 cm³/mol. The molecule has 3 aromatic rings. The van der Waals surface area contributed by atoms with Crippen molar-refractivity contribution in [3.05, 3.63) is 91.0 Å². The summed E-state index contributed by atoms with van der Waals surface area (Å²) in [6, 6.07) is 13.6. The molecule has 0 atom stereocenters. The molecule has 0 aliphatic carbocycles. The third-order valence-electron chi connectivity index (χ3n) is 5.08. The van der Waals surface area contributed by atoms with Gasteiger partial charge in [0.05, 0.1) is 33.6 Å². The lowest BCUT2D eigenvalue weighted by atomic mass is 10.1. The van der Waals surface area contributed by atoms with Crippen LogP contribution in [0.5, 0.6) is 5.75 Å². The zero-order valence-electron chi connectivity index (χ0n) is 18.2. The molecule has 2 N–H and O–H groups in total. The van der Waals surface area contributed by atoms with E-state index in [1.54, 1.807) is 30.3 Å². The molecule has 0 radical (unpaired) electrons. The molecule has 3 aromatic carbocycles. The summed E-state index contributed by atoms with van der Waals surface area (Å²) in [5.41, 5.74) is 1.01. The van der Waals surface area contributed by atoms with E-state index in [-0.39, 0.29) is 31.5 Å². The first-order chi connectivity index (χ1) is 17.1. The van der Waals surface area contributed by atoms with E-state index in [0.717, 1.165) is 4.90 Å². The van der Waals surface area contributed by atoms with Crippen molar-refractivity contribution in [1.82, 2.24) is 0 Å². The van der Waals surface area contributed by atoms with Gasteiger partial charge >= 0.3 is 0 Å². The Balaban J connectivity index is 1.52. The number of carbonyl (C=O) groups excluding carboxylic acids is 3. The molecule has 1 heterocycles. The summed E-state index contributed by atoms with van der Waals surface area (Å²) in [5, 5.41) is 5.97. The Labute approximate surface area is 230 Å². The Kier molecular flexibility index (Phi) is 7.68. The van der Waals surface area contributed by atoms with Crippen molar-refractivity contribution in [3.8, 4) is 5.75 Å². The number of benzene rings is 3. The zero-order chi connectivity index (χ0) is 26.1. The summed E-state index contributed by atoms with van der Waals surface area (Å²) >= 11 is 30.3. The lowest BCUT2D eigenvalue weighted by Gasteiger charge is -2.17. The maximum atomic E-state index is 13.0. The number of hydrogen-bond donors (Lipinski definition) is 2. The lowest BCUT2D eigenvalue weighted by molar-refractivity contribution is -0.120. The number of imide groups is 1. The van der Waals surface area contributed by atoms with E-state index >= 15 is 0 Å². The quantitative estimate of drug-likeness (QED) is 0.240. The fourth-order valence-electron chi connectivity index (χ4n) is 3.34. The van der Waals surface area contributed by atoms with Crippen LogP contribution in [-0.2, 0) is 9.59 Å². The van der Waals surface area contributed by atoms with Gasteiger partial charge in [-0.05, 0) is 54.6 Å². The van der Waals surface area contributed by atoms with Gasteiger partial charge in [-0.15, -0.1) is 0 Å². The van der Waals surface area contributed by atoms with Crippen LogP contribution in [0.4, 0.5) is 17.1 Å². The van der Waals surface area contributed by atoms with Gasteiger partial charge in [0.25, 0.3) is 17.7 Å². The summed E-state index contributed by atoms with van der Waals surface area (Å²) in [7, 11) is 1.48. The van der Waals surface area contributed by atoms with Crippen LogP contribution in [0.3, 0.4) is 0 Å². The van der Waals surface area contributed by atoms with Gasteiger partial charge < -0.3 is 15.4 Å².